The van der Waals surface area contributed by atoms with E-state index < -0.39 is 23.0 Å². The van der Waals surface area contributed by atoms with E-state index in [2.05, 4.69) is 19.1 Å². The fourth-order valence-corrected chi connectivity index (χ4v) is 4.08. The average Bonchev–Trinajstić information content (AvgIpc) is 2.75. The van der Waals surface area contributed by atoms with Gasteiger partial charge in [0, 0.05) is 0 Å². The first-order valence-electron chi connectivity index (χ1n) is 11.6. The first-order valence-corrected chi connectivity index (χ1v) is 11.6. The van der Waals surface area contributed by atoms with Crippen molar-refractivity contribution in [3.05, 3.63) is 65.7 Å². The van der Waals surface area contributed by atoms with E-state index in [0.717, 1.165) is 12.8 Å². The van der Waals surface area contributed by atoms with Gasteiger partial charge >= 0.3 is 11.9 Å². The first-order chi connectivity index (χ1) is 15.4. The summed E-state index contributed by atoms with van der Waals surface area (Å²) < 4.78 is 10.6. The van der Waals surface area contributed by atoms with E-state index in [0.29, 0.717) is 6.42 Å². The largest absolute Gasteiger partial charge is 0.508 e. The number of carbonyl (C=O) groups excluding carboxylic acids is 2. The normalized spacial score (nSPS) is 13.8. The molecule has 0 amide bonds. The molecule has 1 N–H and O–H groups in total. The number of hydrogen-bond acceptors (Lipinski definition) is 5. The third-order valence-electron chi connectivity index (χ3n) is 5.75. The predicted octanol–water partition coefficient (Wildman–Crippen LogP) is 6.36. The van der Waals surface area contributed by atoms with Crippen molar-refractivity contribution >= 4 is 11.9 Å². The fraction of sp³-hybridized carbons (Fsp3) is 0.500. The Labute approximate surface area is 198 Å². The molecular weight excluding hydrogens is 416 g/mol. The van der Waals surface area contributed by atoms with Gasteiger partial charge in [0.1, 0.15) is 11.4 Å². The van der Waals surface area contributed by atoms with Gasteiger partial charge < -0.3 is 14.6 Å². The van der Waals surface area contributed by atoms with Gasteiger partial charge in [-0.3, -0.25) is 4.79 Å². The Morgan fingerprint density at radius 1 is 0.879 bits per heavy atom. The molecule has 0 spiro atoms. The molecule has 2 aromatic carbocycles. The monoisotopic (exact) mass is 454 g/mol. The molecular formula is C28H38O5. The number of rotatable bonds is 10. The SMILES string of the molecule is CCC(CC(CC(C)(C)C(=O)OCC(=O)OC(C)(C)C)c1ccccc1)c1ccc(O)cc1. The second kappa shape index (κ2) is 11.4. The maximum atomic E-state index is 12.9. The minimum Gasteiger partial charge on any atom is -0.508 e. The van der Waals surface area contributed by atoms with Gasteiger partial charge in [-0.2, -0.15) is 0 Å². The molecule has 0 saturated carbocycles. The van der Waals surface area contributed by atoms with Crippen LogP contribution >= 0.6 is 0 Å². The zero-order valence-corrected chi connectivity index (χ0v) is 20.8. The molecule has 33 heavy (non-hydrogen) atoms. The Hall–Kier alpha value is -2.82. The van der Waals surface area contributed by atoms with Gasteiger partial charge in [0.05, 0.1) is 5.41 Å². The lowest BCUT2D eigenvalue weighted by atomic mass is 9.75. The van der Waals surface area contributed by atoms with Gasteiger partial charge in [0.25, 0.3) is 0 Å². The highest BCUT2D eigenvalue weighted by molar-refractivity contribution is 5.80. The van der Waals surface area contributed by atoms with Crippen LogP contribution in [0.25, 0.3) is 0 Å². The fourth-order valence-electron chi connectivity index (χ4n) is 4.08. The molecule has 2 aromatic rings. The van der Waals surface area contributed by atoms with Crippen LogP contribution in [-0.4, -0.2) is 29.3 Å². The highest BCUT2D eigenvalue weighted by Crippen LogP contribution is 2.40. The van der Waals surface area contributed by atoms with Crippen LogP contribution in [0.15, 0.2) is 54.6 Å². The summed E-state index contributed by atoms with van der Waals surface area (Å²) in [4.78, 5) is 24.9. The van der Waals surface area contributed by atoms with Gasteiger partial charge in [0.2, 0.25) is 0 Å². The zero-order valence-electron chi connectivity index (χ0n) is 20.8. The van der Waals surface area contributed by atoms with Gasteiger partial charge in [-0.1, -0.05) is 49.4 Å². The summed E-state index contributed by atoms with van der Waals surface area (Å²) in [6, 6.07) is 17.6. The topological polar surface area (TPSA) is 72.8 Å². The number of aromatic hydroxyl groups is 1. The molecule has 0 heterocycles. The molecule has 0 aliphatic carbocycles. The number of ether oxygens (including phenoxy) is 2. The Morgan fingerprint density at radius 3 is 2.00 bits per heavy atom. The van der Waals surface area contributed by atoms with E-state index in [1.807, 2.05) is 44.2 Å². The number of esters is 2. The van der Waals surface area contributed by atoms with Crippen molar-refractivity contribution in [3.8, 4) is 5.75 Å². The van der Waals surface area contributed by atoms with Crippen molar-refractivity contribution < 1.29 is 24.2 Å². The predicted molar refractivity (Wildman–Crippen MR) is 130 cm³/mol. The number of phenols is 1. The quantitative estimate of drug-likeness (QED) is 0.423. The Morgan fingerprint density at radius 2 is 1.45 bits per heavy atom. The molecule has 0 bridgehead atoms. The summed E-state index contributed by atoms with van der Waals surface area (Å²) in [6.45, 7) is 10.8. The third-order valence-corrected chi connectivity index (χ3v) is 5.75. The molecule has 0 fully saturated rings. The van der Waals surface area contributed by atoms with Crippen LogP contribution in [0.1, 0.15) is 83.8 Å². The molecule has 5 nitrogen and oxygen atoms in total. The van der Waals surface area contributed by atoms with Crippen LogP contribution < -0.4 is 0 Å². The van der Waals surface area contributed by atoms with E-state index in [9.17, 15) is 14.7 Å². The summed E-state index contributed by atoms with van der Waals surface area (Å²) >= 11 is 0. The summed E-state index contributed by atoms with van der Waals surface area (Å²) in [5, 5.41) is 9.65. The van der Waals surface area contributed by atoms with Crippen molar-refractivity contribution in [2.75, 3.05) is 6.61 Å². The van der Waals surface area contributed by atoms with Crippen LogP contribution in [0.2, 0.25) is 0 Å². The molecule has 180 valence electrons. The standard InChI is InChI=1S/C28H38O5/c1-7-20(22-13-15-24(29)16-14-22)17-23(21-11-9-8-10-12-21)18-28(5,6)26(31)32-19-25(30)33-27(2,3)4/h8-16,20,23,29H,7,17-19H2,1-6H3. The minimum absolute atomic E-state index is 0.119. The average molecular weight is 455 g/mol. The summed E-state index contributed by atoms with van der Waals surface area (Å²) in [6.07, 6.45) is 2.38. The van der Waals surface area contributed by atoms with Crippen molar-refractivity contribution in [2.24, 2.45) is 5.41 Å². The lowest BCUT2D eigenvalue weighted by molar-refractivity contribution is -0.170. The van der Waals surface area contributed by atoms with Crippen molar-refractivity contribution in [1.29, 1.82) is 0 Å². The Balaban J connectivity index is 2.15. The molecule has 0 aliphatic rings. The molecule has 0 saturated heterocycles. The van der Waals surface area contributed by atoms with Crippen LogP contribution in [0, 0.1) is 5.41 Å². The van der Waals surface area contributed by atoms with Crippen molar-refractivity contribution in [3.63, 3.8) is 0 Å². The van der Waals surface area contributed by atoms with Crippen LogP contribution in [0.5, 0.6) is 5.75 Å². The van der Waals surface area contributed by atoms with Gasteiger partial charge in [-0.15, -0.1) is 0 Å². The van der Waals surface area contributed by atoms with Gasteiger partial charge in [-0.25, -0.2) is 4.79 Å². The number of carbonyl (C=O) groups is 2. The van der Waals surface area contributed by atoms with Gasteiger partial charge in [-0.05, 0) is 89.0 Å². The molecule has 0 radical (unpaired) electrons. The lowest BCUT2D eigenvalue weighted by Crippen LogP contribution is -2.33. The van der Waals surface area contributed by atoms with E-state index in [1.165, 1.54) is 11.1 Å². The molecule has 2 rings (SSSR count). The van der Waals surface area contributed by atoms with Gasteiger partial charge in [0.15, 0.2) is 6.61 Å². The van der Waals surface area contributed by atoms with E-state index in [4.69, 9.17) is 9.47 Å². The number of hydrogen-bond donors (Lipinski definition) is 1. The Kier molecular flexibility index (Phi) is 9.09. The summed E-state index contributed by atoms with van der Waals surface area (Å²) in [5.74, 6) is -0.308. The van der Waals surface area contributed by atoms with Crippen LogP contribution in [0.4, 0.5) is 0 Å². The highest BCUT2D eigenvalue weighted by atomic mass is 16.6. The van der Waals surface area contributed by atoms with Crippen molar-refractivity contribution in [2.45, 2.75) is 78.2 Å². The number of phenolic OH excluding ortho intramolecular Hbond substituents is 1. The third kappa shape index (κ3) is 8.56. The molecule has 2 atom stereocenters. The Bertz CT molecular complexity index is 894. The van der Waals surface area contributed by atoms with Crippen LogP contribution in [-0.2, 0) is 19.1 Å². The lowest BCUT2D eigenvalue weighted by Gasteiger charge is -2.31. The van der Waals surface area contributed by atoms with Crippen molar-refractivity contribution in [1.82, 2.24) is 0 Å². The number of benzene rings is 2. The first kappa shape index (κ1) is 26.4. The second-order valence-corrected chi connectivity index (χ2v) is 10.3. The summed E-state index contributed by atoms with van der Waals surface area (Å²) in [7, 11) is 0. The molecule has 5 heteroatoms. The second-order valence-electron chi connectivity index (χ2n) is 10.3. The molecule has 0 aromatic heterocycles. The van der Waals surface area contributed by atoms with E-state index >= 15 is 0 Å². The van der Waals surface area contributed by atoms with E-state index in [1.54, 1.807) is 32.9 Å². The minimum atomic E-state index is -0.782. The smallest absolute Gasteiger partial charge is 0.344 e. The molecule has 2 unspecified atom stereocenters. The van der Waals surface area contributed by atoms with Crippen LogP contribution in [0.3, 0.4) is 0 Å². The maximum Gasteiger partial charge on any atom is 0.344 e. The molecule has 0 aliphatic heterocycles. The van der Waals surface area contributed by atoms with E-state index in [-0.39, 0.29) is 24.2 Å². The highest BCUT2D eigenvalue weighted by Gasteiger charge is 2.34. The summed E-state index contributed by atoms with van der Waals surface area (Å²) in [5.41, 5.74) is 0.931. The maximum absolute atomic E-state index is 12.9. The zero-order chi connectivity index (χ0) is 24.6.